The van der Waals surface area contributed by atoms with Crippen LogP contribution in [0.1, 0.15) is 49.7 Å². The third-order valence-electron chi connectivity index (χ3n) is 5.20. The zero-order chi connectivity index (χ0) is 13.3. The van der Waals surface area contributed by atoms with E-state index in [0.717, 1.165) is 18.1 Å². The van der Waals surface area contributed by atoms with Crippen LogP contribution in [0.4, 0.5) is 0 Å². The molecule has 2 heteroatoms. The van der Waals surface area contributed by atoms with Gasteiger partial charge in [-0.2, -0.15) is 0 Å². The molecule has 0 unspecified atom stereocenters. The van der Waals surface area contributed by atoms with Crippen molar-refractivity contribution >= 4 is 0 Å². The monoisotopic (exact) mass is 259 g/mol. The molecular formula is C17H25NO. The zero-order valence-electron chi connectivity index (χ0n) is 12.2. The van der Waals surface area contributed by atoms with Gasteiger partial charge >= 0.3 is 0 Å². The minimum atomic E-state index is 0.663. The molecule has 0 atom stereocenters. The molecule has 1 aliphatic heterocycles. The van der Waals surface area contributed by atoms with Crippen molar-refractivity contribution in [3.63, 3.8) is 0 Å². The normalized spacial score (nSPS) is 22.2. The summed E-state index contributed by atoms with van der Waals surface area (Å²) in [4.78, 5) is 0. The molecular weight excluding hydrogens is 234 g/mol. The number of hydrogen-bond donors (Lipinski definition) is 1. The van der Waals surface area contributed by atoms with Crippen molar-refractivity contribution in [2.45, 2.75) is 44.9 Å². The van der Waals surface area contributed by atoms with Crippen molar-refractivity contribution in [3.05, 3.63) is 29.3 Å². The van der Waals surface area contributed by atoms with E-state index in [1.165, 1.54) is 49.9 Å². The Morgan fingerprint density at radius 1 is 1.26 bits per heavy atom. The zero-order valence-corrected chi connectivity index (χ0v) is 12.2. The molecule has 0 bridgehead atoms. The lowest BCUT2D eigenvalue weighted by molar-refractivity contribution is 0.0975. The van der Waals surface area contributed by atoms with E-state index in [1.807, 2.05) is 0 Å². The van der Waals surface area contributed by atoms with Gasteiger partial charge in [0.2, 0.25) is 0 Å². The lowest BCUT2D eigenvalue weighted by Gasteiger charge is -2.47. The maximum absolute atomic E-state index is 5.43. The highest BCUT2D eigenvalue weighted by Gasteiger charge is 2.40. The van der Waals surface area contributed by atoms with Gasteiger partial charge in [0, 0.05) is 13.1 Å². The van der Waals surface area contributed by atoms with Gasteiger partial charge in [-0.25, -0.2) is 0 Å². The summed E-state index contributed by atoms with van der Waals surface area (Å²) in [7, 11) is 1.77. The summed E-state index contributed by atoms with van der Waals surface area (Å²) >= 11 is 0. The molecule has 2 aliphatic rings. The first-order valence-electron chi connectivity index (χ1n) is 7.64. The Labute approximate surface area is 116 Å². The molecule has 1 aliphatic carbocycles. The Kier molecular flexibility index (Phi) is 3.53. The van der Waals surface area contributed by atoms with Gasteiger partial charge in [0.15, 0.2) is 0 Å². The molecule has 1 saturated carbocycles. The second-order valence-electron chi connectivity index (χ2n) is 6.30. The number of nitrogens with one attached hydrogen (secondary N) is 1. The average molecular weight is 259 g/mol. The van der Waals surface area contributed by atoms with Gasteiger partial charge in [0.1, 0.15) is 5.75 Å². The third kappa shape index (κ3) is 2.38. The molecule has 104 valence electrons. The van der Waals surface area contributed by atoms with Crippen LogP contribution in [0.3, 0.4) is 0 Å². The fourth-order valence-electron chi connectivity index (χ4n) is 3.72. The van der Waals surface area contributed by atoms with E-state index in [-0.39, 0.29) is 0 Å². The van der Waals surface area contributed by atoms with Crippen molar-refractivity contribution < 1.29 is 4.74 Å². The topological polar surface area (TPSA) is 21.3 Å². The van der Waals surface area contributed by atoms with E-state index in [0.29, 0.717) is 5.41 Å². The van der Waals surface area contributed by atoms with Crippen molar-refractivity contribution in [2.75, 3.05) is 20.2 Å². The predicted octanol–water partition coefficient (Wildman–Crippen LogP) is 3.50. The van der Waals surface area contributed by atoms with E-state index < -0.39 is 0 Å². The Balaban J connectivity index is 1.72. The molecule has 19 heavy (non-hydrogen) atoms. The SMILES string of the molecule is CCc1cc(C2CCC3(CC2)CNC3)ccc1OC. The first-order valence-corrected chi connectivity index (χ1v) is 7.64. The van der Waals surface area contributed by atoms with E-state index in [9.17, 15) is 0 Å². The standard InChI is InChI=1S/C17H25NO/c1-3-13-10-15(4-5-16(13)19-2)14-6-8-17(9-7-14)11-18-12-17/h4-5,10,14,18H,3,6-9,11-12H2,1-2H3. The highest BCUT2D eigenvalue weighted by Crippen LogP contribution is 2.45. The molecule has 0 amide bonds. The molecule has 1 saturated heterocycles. The van der Waals surface area contributed by atoms with Gasteiger partial charge in [-0.1, -0.05) is 19.1 Å². The highest BCUT2D eigenvalue weighted by molar-refractivity contribution is 5.38. The van der Waals surface area contributed by atoms with Gasteiger partial charge in [0.05, 0.1) is 7.11 Å². The Hall–Kier alpha value is -1.02. The van der Waals surface area contributed by atoms with E-state index in [2.05, 4.69) is 30.4 Å². The van der Waals surface area contributed by atoms with Crippen LogP contribution in [-0.2, 0) is 6.42 Å². The Morgan fingerprint density at radius 3 is 2.53 bits per heavy atom. The lowest BCUT2D eigenvalue weighted by Crippen LogP contribution is -2.54. The molecule has 1 spiro atoms. The quantitative estimate of drug-likeness (QED) is 0.897. The van der Waals surface area contributed by atoms with E-state index in [1.54, 1.807) is 7.11 Å². The van der Waals surface area contributed by atoms with Crippen LogP contribution >= 0.6 is 0 Å². The van der Waals surface area contributed by atoms with Gasteiger partial charge in [-0.05, 0) is 60.6 Å². The van der Waals surface area contributed by atoms with Crippen molar-refractivity contribution in [3.8, 4) is 5.75 Å². The Bertz CT molecular complexity index is 441. The van der Waals surface area contributed by atoms with Crippen LogP contribution < -0.4 is 10.1 Å². The number of ether oxygens (including phenoxy) is 1. The first-order chi connectivity index (χ1) is 9.26. The largest absolute Gasteiger partial charge is 0.496 e. The van der Waals surface area contributed by atoms with Crippen LogP contribution in [0.25, 0.3) is 0 Å². The van der Waals surface area contributed by atoms with Gasteiger partial charge in [-0.15, -0.1) is 0 Å². The van der Waals surface area contributed by atoms with Crippen LogP contribution in [0, 0.1) is 5.41 Å². The first kappa shape index (κ1) is 13.0. The molecule has 2 nitrogen and oxygen atoms in total. The summed E-state index contributed by atoms with van der Waals surface area (Å²) in [6.45, 7) is 4.71. The number of rotatable bonds is 3. The predicted molar refractivity (Wildman–Crippen MR) is 78.9 cm³/mol. The summed E-state index contributed by atoms with van der Waals surface area (Å²) in [6.07, 6.45) is 6.57. The number of hydrogen-bond acceptors (Lipinski definition) is 2. The summed E-state index contributed by atoms with van der Waals surface area (Å²) in [5.74, 6) is 1.81. The molecule has 2 fully saturated rings. The minimum Gasteiger partial charge on any atom is -0.496 e. The van der Waals surface area contributed by atoms with Gasteiger partial charge < -0.3 is 10.1 Å². The number of methoxy groups -OCH3 is 1. The maximum atomic E-state index is 5.43. The molecule has 1 heterocycles. The fraction of sp³-hybridized carbons (Fsp3) is 0.647. The van der Waals surface area contributed by atoms with E-state index >= 15 is 0 Å². The van der Waals surface area contributed by atoms with Gasteiger partial charge in [-0.3, -0.25) is 0 Å². The fourth-order valence-corrected chi connectivity index (χ4v) is 3.72. The molecule has 0 aromatic heterocycles. The second kappa shape index (κ2) is 5.16. The molecule has 1 N–H and O–H groups in total. The van der Waals surface area contributed by atoms with Crippen molar-refractivity contribution in [2.24, 2.45) is 5.41 Å². The molecule has 3 rings (SSSR count). The van der Waals surface area contributed by atoms with Crippen LogP contribution in [0.2, 0.25) is 0 Å². The molecule has 1 aromatic rings. The smallest absolute Gasteiger partial charge is 0.122 e. The third-order valence-corrected chi connectivity index (χ3v) is 5.20. The average Bonchev–Trinajstić information content (AvgIpc) is 2.45. The molecule has 1 aromatic carbocycles. The Morgan fingerprint density at radius 2 is 2.00 bits per heavy atom. The van der Waals surface area contributed by atoms with Crippen LogP contribution in [0.15, 0.2) is 18.2 Å². The van der Waals surface area contributed by atoms with Crippen molar-refractivity contribution in [1.29, 1.82) is 0 Å². The lowest BCUT2D eigenvalue weighted by atomic mass is 9.66. The summed E-state index contributed by atoms with van der Waals surface area (Å²) in [5.41, 5.74) is 3.54. The van der Waals surface area contributed by atoms with Crippen LogP contribution in [0.5, 0.6) is 5.75 Å². The van der Waals surface area contributed by atoms with Gasteiger partial charge in [0.25, 0.3) is 0 Å². The molecule has 0 radical (unpaired) electrons. The maximum Gasteiger partial charge on any atom is 0.122 e. The number of aryl methyl sites for hydroxylation is 1. The summed E-state index contributed by atoms with van der Waals surface area (Å²) < 4.78 is 5.43. The minimum absolute atomic E-state index is 0.663. The second-order valence-corrected chi connectivity index (χ2v) is 6.30. The summed E-state index contributed by atoms with van der Waals surface area (Å²) in [5, 5.41) is 3.44. The number of benzene rings is 1. The van der Waals surface area contributed by atoms with Crippen LogP contribution in [-0.4, -0.2) is 20.2 Å². The summed E-state index contributed by atoms with van der Waals surface area (Å²) in [6, 6.07) is 6.81. The van der Waals surface area contributed by atoms with E-state index in [4.69, 9.17) is 4.74 Å². The van der Waals surface area contributed by atoms with Crippen molar-refractivity contribution in [1.82, 2.24) is 5.32 Å². The highest BCUT2D eigenvalue weighted by atomic mass is 16.5.